The number of piperazine rings is 1. The van der Waals surface area contributed by atoms with Crippen LogP contribution in [0.2, 0.25) is 0 Å². The second kappa shape index (κ2) is 9.26. The number of carbonyl (C=O) groups excluding carboxylic acids is 1. The molecule has 1 atom stereocenters. The quantitative estimate of drug-likeness (QED) is 0.573. The van der Waals surface area contributed by atoms with Crippen molar-refractivity contribution in [3.05, 3.63) is 35.4 Å². The SMILES string of the molecule is COc1c2c(c(S(=O)(=O)N3CCN(C(=O)C4COc5ccccc5O4)CC3)c3c1OCO3)CCN(C)C2. The average Bonchev–Trinajstić information content (AvgIpc) is 3.40. The van der Waals surface area contributed by atoms with Crippen molar-refractivity contribution in [3.63, 3.8) is 0 Å². The Balaban J connectivity index is 1.23. The van der Waals surface area contributed by atoms with E-state index in [4.69, 9.17) is 23.7 Å². The molecule has 6 rings (SSSR count). The summed E-state index contributed by atoms with van der Waals surface area (Å²) < 4.78 is 58.0. The average molecular weight is 532 g/mol. The van der Waals surface area contributed by atoms with Crippen LogP contribution in [-0.2, 0) is 27.8 Å². The normalized spacial score (nSPS) is 21.5. The van der Waals surface area contributed by atoms with Gasteiger partial charge in [0.25, 0.3) is 5.91 Å². The summed E-state index contributed by atoms with van der Waals surface area (Å²) in [6.07, 6.45) is -0.218. The zero-order valence-corrected chi connectivity index (χ0v) is 21.6. The minimum Gasteiger partial charge on any atom is -0.492 e. The molecule has 4 aliphatic rings. The van der Waals surface area contributed by atoms with Crippen LogP contribution in [-0.4, -0.2) is 94.8 Å². The molecule has 0 N–H and O–H groups in total. The van der Waals surface area contributed by atoms with E-state index in [1.807, 2.05) is 19.2 Å². The van der Waals surface area contributed by atoms with E-state index in [-0.39, 0.29) is 56.1 Å². The first-order valence-corrected chi connectivity index (χ1v) is 13.7. The van der Waals surface area contributed by atoms with Gasteiger partial charge in [0, 0.05) is 44.8 Å². The number of hydrogen-bond donors (Lipinski definition) is 0. The maximum absolute atomic E-state index is 14.0. The van der Waals surface area contributed by atoms with Gasteiger partial charge in [-0.2, -0.15) is 4.31 Å². The molecule has 2 aromatic carbocycles. The summed E-state index contributed by atoms with van der Waals surface area (Å²) in [6, 6.07) is 7.22. The summed E-state index contributed by atoms with van der Waals surface area (Å²) in [7, 11) is -0.390. The molecule has 1 amide bonds. The highest BCUT2D eigenvalue weighted by atomic mass is 32.2. The van der Waals surface area contributed by atoms with Crippen LogP contribution in [0.3, 0.4) is 0 Å². The number of ether oxygens (including phenoxy) is 5. The van der Waals surface area contributed by atoms with E-state index in [0.717, 1.165) is 5.56 Å². The number of amides is 1. The van der Waals surface area contributed by atoms with Crippen LogP contribution in [0.15, 0.2) is 29.2 Å². The first-order chi connectivity index (χ1) is 17.9. The molecule has 12 heteroatoms. The van der Waals surface area contributed by atoms with Crippen molar-refractivity contribution in [3.8, 4) is 28.7 Å². The smallest absolute Gasteiger partial charge is 0.267 e. The summed E-state index contributed by atoms with van der Waals surface area (Å²) in [5.74, 6) is 1.99. The molecule has 0 radical (unpaired) electrons. The molecule has 0 aliphatic carbocycles. The van der Waals surface area contributed by atoms with Crippen molar-refractivity contribution in [1.82, 2.24) is 14.1 Å². The number of hydrogen-bond acceptors (Lipinski definition) is 9. The van der Waals surface area contributed by atoms with Crippen molar-refractivity contribution >= 4 is 15.9 Å². The van der Waals surface area contributed by atoms with Crippen LogP contribution < -0.4 is 23.7 Å². The highest BCUT2D eigenvalue weighted by Crippen LogP contribution is 2.51. The van der Waals surface area contributed by atoms with Crippen LogP contribution >= 0.6 is 0 Å². The lowest BCUT2D eigenvalue weighted by atomic mass is 9.97. The van der Waals surface area contributed by atoms with Crippen molar-refractivity contribution < 1.29 is 36.9 Å². The third-order valence-corrected chi connectivity index (χ3v) is 9.24. The molecule has 1 saturated heterocycles. The van der Waals surface area contributed by atoms with Gasteiger partial charge in [-0.05, 0) is 31.2 Å². The zero-order chi connectivity index (χ0) is 25.7. The van der Waals surface area contributed by atoms with Crippen LogP contribution in [0, 0.1) is 0 Å². The molecule has 11 nitrogen and oxygen atoms in total. The zero-order valence-electron chi connectivity index (χ0n) is 20.8. The molecule has 0 aromatic heterocycles. The molecule has 2 aromatic rings. The molecule has 0 bridgehead atoms. The van der Waals surface area contributed by atoms with Crippen LogP contribution in [0.4, 0.5) is 0 Å². The number of fused-ring (bicyclic) bond motifs is 3. The van der Waals surface area contributed by atoms with Gasteiger partial charge in [0.15, 0.2) is 23.0 Å². The van der Waals surface area contributed by atoms with Crippen molar-refractivity contribution in [1.29, 1.82) is 0 Å². The van der Waals surface area contributed by atoms with E-state index in [1.54, 1.807) is 24.1 Å². The van der Waals surface area contributed by atoms with Gasteiger partial charge < -0.3 is 33.5 Å². The summed E-state index contributed by atoms with van der Waals surface area (Å²) in [5, 5.41) is 0. The number of benzene rings is 2. The Hall–Kier alpha value is -3.22. The molecule has 198 valence electrons. The number of likely N-dealkylation sites (N-methyl/N-ethyl adjacent to an activating group) is 1. The van der Waals surface area contributed by atoms with Gasteiger partial charge in [-0.25, -0.2) is 8.42 Å². The Bertz CT molecular complexity index is 1340. The lowest BCUT2D eigenvalue weighted by Gasteiger charge is -2.37. The maximum Gasteiger partial charge on any atom is 0.267 e. The standard InChI is InChI=1S/C25H29N3O8S/c1-26-8-7-16-17(13-26)21(32-2)22-23(35-15-34-22)24(16)37(30,31)28-11-9-27(10-12-28)25(29)20-14-33-18-5-3-4-6-19(18)36-20/h3-6,20H,7-15H2,1-2H3. The molecule has 4 aliphatic heterocycles. The lowest BCUT2D eigenvalue weighted by molar-refractivity contribution is -0.142. The molecule has 0 spiro atoms. The number of methoxy groups -OCH3 is 1. The van der Waals surface area contributed by atoms with E-state index in [2.05, 4.69) is 4.90 Å². The van der Waals surface area contributed by atoms with Gasteiger partial charge in [0.05, 0.1) is 7.11 Å². The Morgan fingerprint density at radius 2 is 1.70 bits per heavy atom. The third-order valence-electron chi connectivity index (χ3n) is 7.25. The van der Waals surface area contributed by atoms with E-state index in [9.17, 15) is 13.2 Å². The Labute approximate surface area is 215 Å². The van der Waals surface area contributed by atoms with E-state index >= 15 is 0 Å². The first kappa shape index (κ1) is 24.1. The minimum atomic E-state index is -3.92. The minimum absolute atomic E-state index is 0.0676. The van der Waals surface area contributed by atoms with Crippen LogP contribution in [0.5, 0.6) is 28.7 Å². The predicted molar refractivity (Wildman–Crippen MR) is 131 cm³/mol. The van der Waals surface area contributed by atoms with Gasteiger partial charge in [-0.1, -0.05) is 12.1 Å². The molecule has 0 saturated carbocycles. The van der Waals surface area contributed by atoms with Gasteiger partial charge in [0.2, 0.25) is 28.7 Å². The van der Waals surface area contributed by atoms with E-state index < -0.39 is 16.1 Å². The second-order valence-corrected chi connectivity index (χ2v) is 11.3. The topological polar surface area (TPSA) is 107 Å². The lowest BCUT2D eigenvalue weighted by Crippen LogP contribution is -2.55. The summed E-state index contributed by atoms with van der Waals surface area (Å²) >= 11 is 0. The molecule has 1 unspecified atom stereocenters. The molecular formula is C25H29N3O8S. The number of sulfonamides is 1. The fourth-order valence-electron chi connectivity index (χ4n) is 5.36. The monoisotopic (exact) mass is 531 g/mol. The van der Waals surface area contributed by atoms with Crippen molar-refractivity contribution in [2.24, 2.45) is 0 Å². The van der Waals surface area contributed by atoms with Crippen molar-refractivity contribution in [2.45, 2.75) is 24.0 Å². The Morgan fingerprint density at radius 3 is 2.46 bits per heavy atom. The fraction of sp³-hybridized carbons (Fsp3) is 0.480. The van der Waals surface area contributed by atoms with Crippen molar-refractivity contribution in [2.75, 3.05) is 60.3 Å². The highest BCUT2D eigenvalue weighted by Gasteiger charge is 2.42. The summed E-state index contributed by atoms with van der Waals surface area (Å²) in [4.78, 5) is 17.0. The van der Waals surface area contributed by atoms with Gasteiger partial charge >= 0.3 is 0 Å². The molecule has 4 heterocycles. The Kier molecular flexibility index (Phi) is 6.04. The van der Waals surface area contributed by atoms with Gasteiger partial charge in [-0.3, -0.25) is 4.79 Å². The number of carbonyl (C=O) groups is 1. The van der Waals surface area contributed by atoms with Gasteiger partial charge in [-0.15, -0.1) is 0 Å². The highest BCUT2D eigenvalue weighted by molar-refractivity contribution is 7.89. The molecular weight excluding hydrogens is 502 g/mol. The third kappa shape index (κ3) is 4.03. The maximum atomic E-state index is 14.0. The largest absolute Gasteiger partial charge is 0.492 e. The Morgan fingerprint density at radius 1 is 0.973 bits per heavy atom. The number of rotatable bonds is 4. The van der Waals surface area contributed by atoms with E-state index in [0.29, 0.717) is 48.1 Å². The van der Waals surface area contributed by atoms with Gasteiger partial charge in [0.1, 0.15) is 11.5 Å². The number of para-hydroxylation sites is 2. The molecule has 1 fully saturated rings. The van der Waals surface area contributed by atoms with E-state index in [1.165, 1.54) is 4.31 Å². The second-order valence-electron chi connectivity index (χ2n) is 9.47. The molecule has 37 heavy (non-hydrogen) atoms. The predicted octanol–water partition coefficient (Wildman–Crippen LogP) is 1.08. The fourth-order valence-corrected chi connectivity index (χ4v) is 7.18. The summed E-state index contributed by atoms with van der Waals surface area (Å²) in [6.45, 7) is 2.13. The van der Waals surface area contributed by atoms with Crippen LogP contribution in [0.1, 0.15) is 11.1 Å². The summed E-state index contributed by atoms with van der Waals surface area (Å²) in [5.41, 5.74) is 1.52. The number of nitrogens with zero attached hydrogens (tertiary/aromatic N) is 3. The first-order valence-electron chi connectivity index (χ1n) is 12.3. The van der Waals surface area contributed by atoms with Crippen LogP contribution in [0.25, 0.3) is 0 Å².